The average molecular weight is 344 g/mol. The van der Waals surface area contributed by atoms with Gasteiger partial charge in [-0.3, -0.25) is 4.79 Å². The smallest absolute Gasteiger partial charge is 0.239 e. The first-order valence-electron chi connectivity index (χ1n) is 8.37. The summed E-state index contributed by atoms with van der Waals surface area (Å²) in [5.41, 5.74) is 7.76. The molecule has 1 aliphatic rings. The summed E-state index contributed by atoms with van der Waals surface area (Å²) in [4.78, 5) is 21.8. The predicted octanol–water partition coefficient (Wildman–Crippen LogP) is 2.93. The molecule has 24 heavy (non-hydrogen) atoms. The van der Waals surface area contributed by atoms with Crippen molar-refractivity contribution in [3.63, 3.8) is 0 Å². The fourth-order valence-corrected chi connectivity index (χ4v) is 3.90. The first-order chi connectivity index (χ1) is 11.5. The third-order valence-corrected chi connectivity index (χ3v) is 5.53. The van der Waals surface area contributed by atoms with E-state index in [-0.39, 0.29) is 11.9 Å². The highest BCUT2D eigenvalue weighted by Crippen LogP contribution is 2.28. The Labute approximate surface area is 147 Å². The summed E-state index contributed by atoms with van der Waals surface area (Å²) >= 11 is 1.71. The number of nitrogens with two attached hydrogens (primary N) is 1. The van der Waals surface area contributed by atoms with Gasteiger partial charge in [-0.25, -0.2) is 4.98 Å². The number of hydrogen-bond donors (Lipinski definition) is 1. The fraction of sp³-hybridized carbons (Fsp3) is 0.444. The third-order valence-electron chi connectivity index (χ3n) is 4.49. The Morgan fingerprint density at radius 2 is 2.00 bits per heavy atom. The van der Waals surface area contributed by atoms with Crippen LogP contribution >= 0.6 is 11.3 Å². The summed E-state index contributed by atoms with van der Waals surface area (Å²) in [7, 11) is 0. The highest BCUT2D eigenvalue weighted by atomic mass is 32.1. The fourth-order valence-electron chi connectivity index (χ4n) is 2.93. The molecule has 1 aliphatic heterocycles. The Morgan fingerprint density at radius 3 is 2.62 bits per heavy atom. The maximum Gasteiger partial charge on any atom is 0.239 e. The molecule has 6 heteroatoms. The number of hydrogen-bond acceptors (Lipinski definition) is 5. The number of carbonyl (C=O) groups excluding carboxylic acids is 1. The summed E-state index contributed by atoms with van der Waals surface area (Å²) in [6.07, 6.45) is 4.40. The van der Waals surface area contributed by atoms with Gasteiger partial charge in [-0.15, -0.1) is 11.3 Å². The number of primary amides is 1. The molecule has 5 nitrogen and oxygen atoms in total. The quantitative estimate of drug-likeness (QED) is 0.875. The number of benzene rings is 1. The monoisotopic (exact) mass is 344 g/mol. The maximum atomic E-state index is 11.7. The van der Waals surface area contributed by atoms with Crippen LogP contribution in [0.5, 0.6) is 0 Å². The maximum absolute atomic E-state index is 11.7. The lowest BCUT2D eigenvalue weighted by Gasteiger charge is -2.29. The Kier molecular flexibility index (Phi) is 5.04. The van der Waals surface area contributed by atoms with Gasteiger partial charge in [0.15, 0.2) is 5.13 Å². The molecule has 1 fully saturated rings. The van der Waals surface area contributed by atoms with E-state index in [1.165, 1.54) is 18.4 Å². The van der Waals surface area contributed by atoms with E-state index in [0.29, 0.717) is 6.54 Å². The van der Waals surface area contributed by atoms with Crippen LogP contribution in [-0.2, 0) is 11.3 Å². The summed E-state index contributed by atoms with van der Waals surface area (Å²) in [6, 6.07) is 7.82. The van der Waals surface area contributed by atoms with Crippen molar-refractivity contribution < 1.29 is 4.79 Å². The van der Waals surface area contributed by atoms with Gasteiger partial charge in [0.1, 0.15) is 6.04 Å². The molecule has 0 saturated carbocycles. The number of aryl methyl sites for hydroxylation is 1. The van der Waals surface area contributed by atoms with Gasteiger partial charge in [-0.2, -0.15) is 0 Å². The Hall–Kier alpha value is -2.08. The van der Waals surface area contributed by atoms with Crippen molar-refractivity contribution in [2.75, 3.05) is 22.9 Å². The molecule has 0 radical (unpaired) electrons. The first kappa shape index (κ1) is 16.8. The number of thiazole rings is 1. The number of carbonyl (C=O) groups is 1. The van der Waals surface area contributed by atoms with Crippen molar-refractivity contribution in [3.8, 4) is 0 Å². The second-order valence-corrected chi connectivity index (χ2v) is 7.44. The number of rotatable bonds is 6. The number of anilines is 2. The van der Waals surface area contributed by atoms with Crippen LogP contribution in [0.3, 0.4) is 0 Å². The number of aromatic nitrogens is 1. The minimum Gasteiger partial charge on any atom is -0.368 e. The summed E-state index contributed by atoms with van der Waals surface area (Å²) in [6.45, 7) is 6.72. The summed E-state index contributed by atoms with van der Waals surface area (Å²) in [5.74, 6) is -0.320. The van der Waals surface area contributed by atoms with Crippen LogP contribution in [0.25, 0.3) is 0 Å². The molecular formula is C18H24N4OS. The van der Waals surface area contributed by atoms with Crippen LogP contribution in [-0.4, -0.2) is 30.0 Å². The molecule has 0 aliphatic carbocycles. The summed E-state index contributed by atoms with van der Waals surface area (Å²) < 4.78 is 0. The van der Waals surface area contributed by atoms with E-state index in [1.807, 2.05) is 30.2 Å². The van der Waals surface area contributed by atoms with Crippen LogP contribution in [0.15, 0.2) is 30.5 Å². The van der Waals surface area contributed by atoms with Crippen LogP contribution in [0, 0.1) is 6.92 Å². The van der Waals surface area contributed by atoms with E-state index in [2.05, 4.69) is 28.9 Å². The van der Waals surface area contributed by atoms with E-state index in [9.17, 15) is 4.79 Å². The molecule has 1 atom stereocenters. The van der Waals surface area contributed by atoms with Gasteiger partial charge in [0.05, 0.1) is 6.54 Å². The van der Waals surface area contributed by atoms with E-state index in [4.69, 9.17) is 5.73 Å². The van der Waals surface area contributed by atoms with Crippen molar-refractivity contribution in [2.45, 2.75) is 39.3 Å². The lowest BCUT2D eigenvalue weighted by molar-refractivity contribution is -0.119. The Balaban J connectivity index is 1.81. The zero-order valence-corrected chi connectivity index (χ0v) is 15.1. The molecule has 2 N–H and O–H groups in total. The minimum atomic E-state index is -0.370. The highest BCUT2D eigenvalue weighted by molar-refractivity contribution is 7.15. The van der Waals surface area contributed by atoms with Gasteiger partial charge in [-0.1, -0.05) is 17.7 Å². The standard InChI is InChI=1S/C18H24N4OS/c1-13-5-7-15(8-6-13)22(14(2)17(19)23)12-16-11-20-18(24-16)21-9-3-4-10-21/h5-8,11,14H,3-4,9-10,12H2,1-2H3,(H2,19,23)/t14-/m0/s1. The molecule has 0 bridgehead atoms. The molecule has 1 aromatic heterocycles. The van der Waals surface area contributed by atoms with Crippen LogP contribution in [0.2, 0.25) is 0 Å². The minimum absolute atomic E-state index is 0.320. The Bertz CT molecular complexity index is 691. The topological polar surface area (TPSA) is 62.5 Å². The lowest BCUT2D eigenvalue weighted by Crippen LogP contribution is -2.42. The predicted molar refractivity (Wildman–Crippen MR) is 99.6 cm³/mol. The Morgan fingerprint density at radius 1 is 1.33 bits per heavy atom. The SMILES string of the molecule is Cc1ccc(N(Cc2cnc(N3CCCC3)s2)[C@@H](C)C(N)=O)cc1. The molecule has 0 unspecified atom stereocenters. The van der Waals surface area contributed by atoms with Crippen molar-refractivity contribution >= 4 is 28.1 Å². The van der Waals surface area contributed by atoms with E-state index in [0.717, 1.165) is 28.8 Å². The highest BCUT2D eigenvalue weighted by Gasteiger charge is 2.22. The largest absolute Gasteiger partial charge is 0.368 e. The summed E-state index contributed by atoms with van der Waals surface area (Å²) in [5, 5.41) is 1.08. The van der Waals surface area contributed by atoms with Crippen molar-refractivity contribution in [3.05, 3.63) is 40.9 Å². The van der Waals surface area contributed by atoms with Gasteiger partial charge in [0.2, 0.25) is 5.91 Å². The van der Waals surface area contributed by atoms with Gasteiger partial charge in [0.25, 0.3) is 0 Å². The van der Waals surface area contributed by atoms with Crippen molar-refractivity contribution in [2.24, 2.45) is 5.73 Å². The molecular weight excluding hydrogens is 320 g/mol. The van der Waals surface area contributed by atoms with Gasteiger partial charge in [-0.05, 0) is 38.8 Å². The van der Waals surface area contributed by atoms with Crippen LogP contribution in [0.4, 0.5) is 10.8 Å². The molecule has 3 rings (SSSR count). The van der Waals surface area contributed by atoms with Gasteiger partial charge in [0, 0.05) is 29.9 Å². The van der Waals surface area contributed by atoms with Gasteiger partial charge >= 0.3 is 0 Å². The first-order valence-corrected chi connectivity index (χ1v) is 9.18. The number of nitrogens with zero attached hydrogens (tertiary/aromatic N) is 3. The molecule has 1 aromatic carbocycles. The third kappa shape index (κ3) is 3.70. The second-order valence-electron chi connectivity index (χ2n) is 6.35. The zero-order valence-electron chi connectivity index (χ0n) is 14.2. The molecule has 2 heterocycles. The number of amides is 1. The normalized spacial score (nSPS) is 15.5. The van der Waals surface area contributed by atoms with Crippen LogP contribution in [0.1, 0.15) is 30.2 Å². The second kappa shape index (κ2) is 7.21. The van der Waals surface area contributed by atoms with Crippen LogP contribution < -0.4 is 15.5 Å². The lowest BCUT2D eigenvalue weighted by atomic mass is 10.1. The van der Waals surface area contributed by atoms with Crippen molar-refractivity contribution in [1.29, 1.82) is 0 Å². The average Bonchev–Trinajstić information content (AvgIpc) is 3.24. The molecule has 0 spiro atoms. The van der Waals surface area contributed by atoms with E-state index >= 15 is 0 Å². The van der Waals surface area contributed by atoms with E-state index in [1.54, 1.807) is 11.3 Å². The van der Waals surface area contributed by atoms with E-state index < -0.39 is 0 Å². The molecule has 1 saturated heterocycles. The van der Waals surface area contributed by atoms with Crippen molar-refractivity contribution in [1.82, 2.24) is 4.98 Å². The van der Waals surface area contributed by atoms with Gasteiger partial charge < -0.3 is 15.5 Å². The zero-order chi connectivity index (χ0) is 17.1. The molecule has 2 aromatic rings. The molecule has 128 valence electrons. The molecule has 1 amide bonds.